The van der Waals surface area contributed by atoms with E-state index in [1.165, 1.54) is 32.1 Å². The Morgan fingerprint density at radius 1 is 1.35 bits per heavy atom. The fourth-order valence-corrected chi connectivity index (χ4v) is 2.72. The van der Waals surface area contributed by atoms with Crippen LogP contribution >= 0.6 is 0 Å². The molecule has 0 bridgehead atoms. The lowest BCUT2D eigenvalue weighted by molar-refractivity contribution is -0.138. The largest absolute Gasteiger partial charge is 0.360 e. The molecule has 0 spiro atoms. The van der Waals surface area contributed by atoms with Crippen molar-refractivity contribution in [3.05, 3.63) is 0 Å². The topological polar surface area (TPSA) is 53.3 Å². The second kappa shape index (κ2) is 6.02. The van der Waals surface area contributed by atoms with Crippen LogP contribution in [0.15, 0.2) is 0 Å². The highest BCUT2D eigenvalue weighted by molar-refractivity contribution is 5.76. The van der Waals surface area contributed by atoms with Gasteiger partial charge in [0.2, 0.25) is 5.91 Å². The molecule has 2 fully saturated rings. The zero-order valence-electron chi connectivity index (χ0n) is 10.2. The number of hydrogen-bond donors (Lipinski definition) is 0. The van der Waals surface area contributed by atoms with Crippen LogP contribution in [0.5, 0.6) is 0 Å². The molecular formula is C13H20N2O2. The number of rotatable bonds is 2. The van der Waals surface area contributed by atoms with Gasteiger partial charge in [0.15, 0.2) is 6.10 Å². The molecule has 0 radical (unpaired) electrons. The van der Waals surface area contributed by atoms with Gasteiger partial charge in [0.1, 0.15) is 0 Å². The third kappa shape index (κ3) is 3.44. The molecule has 0 aromatic carbocycles. The molecule has 4 nitrogen and oxygen atoms in total. The first-order valence-electron chi connectivity index (χ1n) is 6.58. The van der Waals surface area contributed by atoms with Crippen LogP contribution in [0.1, 0.15) is 38.5 Å². The van der Waals surface area contributed by atoms with E-state index in [9.17, 15) is 4.79 Å². The van der Waals surface area contributed by atoms with Crippen LogP contribution in [-0.4, -0.2) is 36.6 Å². The average Bonchev–Trinajstić information content (AvgIpc) is 2.40. The normalized spacial score (nSPS) is 26.5. The van der Waals surface area contributed by atoms with E-state index in [1.54, 1.807) is 4.90 Å². The van der Waals surface area contributed by atoms with Crippen LogP contribution < -0.4 is 0 Å². The maximum Gasteiger partial charge on any atom is 0.223 e. The Hall–Kier alpha value is -1.08. The number of carbonyl (C=O) groups is 1. The molecule has 1 atom stereocenters. The molecule has 1 aliphatic heterocycles. The smallest absolute Gasteiger partial charge is 0.223 e. The number of carbonyl (C=O) groups excluding carboxylic acids is 1. The quantitative estimate of drug-likeness (QED) is 0.733. The van der Waals surface area contributed by atoms with E-state index in [-0.39, 0.29) is 5.91 Å². The summed E-state index contributed by atoms with van der Waals surface area (Å²) in [5.74, 6) is 0.778. The van der Waals surface area contributed by atoms with Gasteiger partial charge in [-0.1, -0.05) is 19.3 Å². The van der Waals surface area contributed by atoms with E-state index in [1.807, 2.05) is 0 Å². The molecule has 2 aliphatic rings. The number of nitriles is 1. The van der Waals surface area contributed by atoms with Gasteiger partial charge in [-0.05, 0) is 18.8 Å². The highest BCUT2D eigenvalue weighted by Gasteiger charge is 2.26. The van der Waals surface area contributed by atoms with E-state index in [0.717, 1.165) is 0 Å². The Bertz CT molecular complexity index is 305. The third-order valence-electron chi connectivity index (χ3n) is 3.75. The van der Waals surface area contributed by atoms with Gasteiger partial charge in [-0.15, -0.1) is 0 Å². The van der Waals surface area contributed by atoms with Gasteiger partial charge in [-0.25, -0.2) is 0 Å². The van der Waals surface area contributed by atoms with Crippen molar-refractivity contribution >= 4 is 5.91 Å². The molecule has 2 rings (SSSR count). The Kier molecular flexibility index (Phi) is 4.38. The summed E-state index contributed by atoms with van der Waals surface area (Å²) in [6.45, 7) is 1.58. The molecule has 1 aliphatic carbocycles. The van der Waals surface area contributed by atoms with Crippen molar-refractivity contribution in [3.63, 3.8) is 0 Å². The maximum atomic E-state index is 12.1. The summed E-state index contributed by atoms with van der Waals surface area (Å²) in [7, 11) is 0. The first kappa shape index (κ1) is 12.4. The Balaban J connectivity index is 1.80. The molecule has 1 heterocycles. The second-order valence-electron chi connectivity index (χ2n) is 5.04. The summed E-state index contributed by atoms with van der Waals surface area (Å²) in [5, 5.41) is 8.80. The number of amides is 1. The van der Waals surface area contributed by atoms with Crippen LogP contribution in [0.25, 0.3) is 0 Å². The predicted molar refractivity (Wildman–Crippen MR) is 63.1 cm³/mol. The molecule has 94 valence electrons. The molecule has 1 unspecified atom stereocenters. The van der Waals surface area contributed by atoms with E-state index >= 15 is 0 Å². The first-order chi connectivity index (χ1) is 8.29. The summed E-state index contributed by atoms with van der Waals surface area (Å²) in [6, 6.07) is 2.08. The molecular weight excluding hydrogens is 216 g/mol. The molecule has 0 N–H and O–H groups in total. The van der Waals surface area contributed by atoms with Crippen molar-refractivity contribution in [2.45, 2.75) is 44.6 Å². The van der Waals surface area contributed by atoms with E-state index in [4.69, 9.17) is 10.00 Å². The van der Waals surface area contributed by atoms with E-state index in [2.05, 4.69) is 6.07 Å². The van der Waals surface area contributed by atoms with Crippen LogP contribution in [0.3, 0.4) is 0 Å². The minimum Gasteiger partial charge on any atom is -0.360 e. The number of ether oxygens (including phenoxy) is 1. The van der Waals surface area contributed by atoms with Crippen LogP contribution in [0, 0.1) is 17.2 Å². The molecule has 1 amide bonds. The van der Waals surface area contributed by atoms with Crippen molar-refractivity contribution in [2.75, 3.05) is 19.7 Å². The minimum atomic E-state index is -0.431. The maximum absolute atomic E-state index is 12.1. The van der Waals surface area contributed by atoms with Crippen LogP contribution in [0.2, 0.25) is 0 Å². The fraction of sp³-hybridized carbons (Fsp3) is 0.846. The molecule has 17 heavy (non-hydrogen) atoms. The summed E-state index contributed by atoms with van der Waals surface area (Å²) >= 11 is 0. The number of morpholine rings is 1. The van der Waals surface area contributed by atoms with Crippen molar-refractivity contribution in [1.29, 1.82) is 5.26 Å². The Morgan fingerprint density at radius 3 is 2.82 bits per heavy atom. The SMILES string of the molecule is N#CC1CN(C(=O)CC2CCCCC2)CCO1. The molecule has 0 aromatic heterocycles. The van der Waals surface area contributed by atoms with Gasteiger partial charge in [0, 0.05) is 13.0 Å². The van der Waals surface area contributed by atoms with E-state index < -0.39 is 6.10 Å². The molecule has 1 saturated carbocycles. The Labute approximate surface area is 103 Å². The van der Waals surface area contributed by atoms with Gasteiger partial charge in [0.25, 0.3) is 0 Å². The minimum absolute atomic E-state index is 0.209. The Morgan fingerprint density at radius 2 is 2.12 bits per heavy atom. The summed E-state index contributed by atoms with van der Waals surface area (Å²) in [5.41, 5.74) is 0. The fourth-order valence-electron chi connectivity index (χ4n) is 2.72. The lowest BCUT2D eigenvalue weighted by Crippen LogP contribution is -2.45. The standard InChI is InChI=1S/C13H20N2O2/c14-9-12-10-15(6-7-17-12)13(16)8-11-4-2-1-3-5-11/h11-12H,1-8,10H2. The highest BCUT2D eigenvalue weighted by atomic mass is 16.5. The van der Waals surface area contributed by atoms with Gasteiger partial charge >= 0.3 is 0 Å². The van der Waals surface area contributed by atoms with Crippen molar-refractivity contribution in [2.24, 2.45) is 5.92 Å². The van der Waals surface area contributed by atoms with Gasteiger partial charge < -0.3 is 9.64 Å². The summed E-state index contributed by atoms with van der Waals surface area (Å²) in [6.07, 6.45) is 6.47. The van der Waals surface area contributed by atoms with Gasteiger partial charge in [-0.2, -0.15) is 5.26 Å². The number of nitrogens with zero attached hydrogens (tertiary/aromatic N) is 2. The van der Waals surface area contributed by atoms with Crippen LogP contribution in [-0.2, 0) is 9.53 Å². The van der Waals surface area contributed by atoms with Gasteiger partial charge in [0.05, 0.1) is 19.2 Å². The molecule has 0 aromatic rings. The lowest BCUT2D eigenvalue weighted by Gasteiger charge is -2.31. The van der Waals surface area contributed by atoms with E-state index in [0.29, 0.717) is 32.0 Å². The highest BCUT2D eigenvalue weighted by Crippen LogP contribution is 2.27. The average molecular weight is 236 g/mol. The summed E-state index contributed by atoms with van der Waals surface area (Å²) in [4.78, 5) is 13.9. The zero-order chi connectivity index (χ0) is 12.1. The predicted octanol–water partition coefficient (Wildman–Crippen LogP) is 1.71. The van der Waals surface area contributed by atoms with Crippen molar-refractivity contribution < 1.29 is 9.53 Å². The van der Waals surface area contributed by atoms with Gasteiger partial charge in [-0.3, -0.25) is 4.79 Å². The molecule has 4 heteroatoms. The second-order valence-corrected chi connectivity index (χ2v) is 5.04. The zero-order valence-corrected chi connectivity index (χ0v) is 10.2. The van der Waals surface area contributed by atoms with Crippen LogP contribution in [0.4, 0.5) is 0 Å². The van der Waals surface area contributed by atoms with Crippen molar-refractivity contribution in [1.82, 2.24) is 4.90 Å². The third-order valence-corrected chi connectivity index (χ3v) is 3.75. The van der Waals surface area contributed by atoms with Crippen molar-refractivity contribution in [3.8, 4) is 6.07 Å². The lowest BCUT2D eigenvalue weighted by atomic mass is 9.86. The molecule has 1 saturated heterocycles. The monoisotopic (exact) mass is 236 g/mol. The number of hydrogen-bond acceptors (Lipinski definition) is 3. The first-order valence-corrected chi connectivity index (χ1v) is 6.58. The summed E-state index contributed by atoms with van der Waals surface area (Å²) < 4.78 is 5.24.